The smallest absolute Gasteiger partial charge is 0.254 e. The van der Waals surface area contributed by atoms with Gasteiger partial charge < -0.3 is 4.98 Å². The second-order valence-electron chi connectivity index (χ2n) is 6.82. The lowest BCUT2D eigenvalue weighted by Crippen LogP contribution is -2.39. The molecule has 1 fully saturated rings. The van der Waals surface area contributed by atoms with Gasteiger partial charge in [-0.15, -0.1) is 0 Å². The number of nitrogens with one attached hydrogen (secondary N) is 1. The van der Waals surface area contributed by atoms with Crippen molar-refractivity contribution in [2.75, 3.05) is 24.6 Å². The van der Waals surface area contributed by atoms with Crippen molar-refractivity contribution in [1.82, 2.24) is 14.9 Å². The van der Waals surface area contributed by atoms with Gasteiger partial charge in [0.05, 0.1) is 17.2 Å². The number of aromatic amines is 1. The minimum absolute atomic E-state index is 0.0175. The fourth-order valence-electron chi connectivity index (χ4n) is 3.51. The number of aromatic nitrogens is 2. The molecule has 0 saturated carbocycles. The first kappa shape index (κ1) is 16.5. The SMILES string of the molecule is O=c1[nH]c(-c2ccc(CN3CCS(=O)(=O)CC3)cc2)nc2c1CCC2. The Morgan fingerprint density at radius 2 is 1.80 bits per heavy atom. The van der Waals surface area contributed by atoms with Crippen molar-refractivity contribution < 1.29 is 8.42 Å². The van der Waals surface area contributed by atoms with Gasteiger partial charge in [0.15, 0.2) is 9.84 Å². The first-order valence-corrected chi connectivity index (χ1v) is 10.5. The van der Waals surface area contributed by atoms with Gasteiger partial charge in [0.2, 0.25) is 0 Å². The summed E-state index contributed by atoms with van der Waals surface area (Å²) in [6, 6.07) is 7.97. The fourth-order valence-corrected chi connectivity index (χ4v) is 4.79. The van der Waals surface area contributed by atoms with Crippen molar-refractivity contribution in [2.45, 2.75) is 25.8 Å². The van der Waals surface area contributed by atoms with Gasteiger partial charge in [-0.1, -0.05) is 24.3 Å². The summed E-state index contributed by atoms with van der Waals surface area (Å²) in [5.74, 6) is 1.11. The third kappa shape index (κ3) is 3.52. The molecule has 1 N–H and O–H groups in total. The van der Waals surface area contributed by atoms with Gasteiger partial charge >= 0.3 is 0 Å². The zero-order valence-corrected chi connectivity index (χ0v) is 14.8. The first-order chi connectivity index (χ1) is 12.0. The number of aryl methyl sites for hydroxylation is 1. The van der Waals surface area contributed by atoms with Gasteiger partial charge in [-0.05, 0) is 24.8 Å². The van der Waals surface area contributed by atoms with E-state index in [0.717, 1.165) is 48.2 Å². The standard InChI is InChI=1S/C18H21N3O3S/c22-18-15-2-1-3-16(15)19-17(20-18)14-6-4-13(5-7-14)12-21-8-10-25(23,24)11-9-21/h4-7H,1-3,8-12H2,(H,19,20,22). The molecule has 0 bridgehead atoms. The highest BCUT2D eigenvalue weighted by Crippen LogP contribution is 2.21. The van der Waals surface area contributed by atoms with Crippen LogP contribution in [-0.2, 0) is 29.2 Å². The molecule has 1 saturated heterocycles. The molecule has 0 unspecified atom stereocenters. The van der Waals surface area contributed by atoms with Crippen molar-refractivity contribution in [2.24, 2.45) is 0 Å². The maximum Gasteiger partial charge on any atom is 0.254 e. The molecule has 2 heterocycles. The van der Waals surface area contributed by atoms with E-state index in [2.05, 4.69) is 14.9 Å². The molecule has 7 heteroatoms. The van der Waals surface area contributed by atoms with Crippen molar-refractivity contribution in [3.63, 3.8) is 0 Å². The van der Waals surface area contributed by atoms with Crippen LogP contribution in [0.2, 0.25) is 0 Å². The van der Waals surface area contributed by atoms with E-state index >= 15 is 0 Å². The molecule has 1 aromatic carbocycles. The molecule has 6 nitrogen and oxygen atoms in total. The lowest BCUT2D eigenvalue weighted by atomic mass is 10.1. The summed E-state index contributed by atoms with van der Waals surface area (Å²) in [4.78, 5) is 21.8. The molecule has 0 amide bonds. The Labute approximate surface area is 146 Å². The van der Waals surface area contributed by atoms with E-state index in [9.17, 15) is 13.2 Å². The van der Waals surface area contributed by atoms with Gasteiger partial charge in [0.1, 0.15) is 5.82 Å². The van der Waals surface area contributed by atoms with Crippen LogP contribution in [-0.4, -0.2) is 47.9 Å². The number of sulfone groups is 1. The third-order valence-electron chi connectivity index (χ3n) is 5.01. The van der Waals surface area contributed by atoms with E-state index in [1.807, 2.05) is 24.3 Å². The number of H-pyrrole nitrogens is 1. The minimum atomic E-state index is -2.84. The van der Waals surface area contributed by atoms with E-state index in [4.69, 9.17) is 0 Å². The number of fused-ring (bicyclic) bond motifs is 1. The first-order valence-electron chi connectivity index (χ1n) is 8.64. The Morgan fingerprint density at radius 3 is 2.52 bits per heavy atom. The lowest BCUT2D eigenvalue weighted by Gasteiger charge is -2.26. The summed E-state index contributed by atoms with van der Waals surface area (Å²) in [5.41, 5.74) is 3.78. The molecule has 0 radical (unpaired) electrons. The quantitative estimate of drug-likeness (QED) is 0.889. The highest BCUT2D eigenvalue weighted by Gasteiger charge is 2.21. The molecule has 0 spiro atoms. The van der Waals surface area contributed by atoms with Crippen LogP contribution >= 0.6 is 0 Å². The summed E-state index contributed by atoms with van der Waals surface area (Å²) in [6.45, 7) is 1.91. The summed E-state index contributed by atoms with van der Waals surface area (Å²) >= 11 is 0. The number of rotatable bonds is 3. The van der Waals surface area contributed by atoms with E-state index in [1.165, 1.54) is 0 Å². The van der Waals surface area contributed by atoms with Crippen LogP contribution in [0.25, 0.3) is 11.4 Å². The molecule has 2 aliphatic rings. The lowest BCUT2D eigenvalue weighted by molar-refractivity contribution is 0.287. The topological polar surface area (TPSA) is 83.1 Å². The minimum Gasteiger partial charge on any atom is -0.306 e. The number of nitrogens with zero attached hydrogens (tertiary/aromatic N) is 2. The van der Waals surface area contributed by atoms with Gasteiger partial charge in [-0.3, -0.25) is 9.69 Å². The van der Waals surface area contributed by atoms with Gasteiger partial charge in [0, 0.05) is 30.8 Å². The van der Waals surface area contributed by atoms with Gasteiger partial charge in [0.25, 0.3) is 5.56 Å². The van der Waals surface area contributed by atoms with Crippen LogP contribution in [0.3, 0.4) is 0 Å². The molecule has 4 rings (SSSR count). The molecular formula is C18H21N3O3S. The second kappa shape index (κ2) is 6.38. The molecule has 1 aromatic heterocycles. The Kier molecular flexibility index (Phi) is 4.21. The van der Waals surface area contributed by atoms with E-state index in [-0.39, 0.29) is 17.1 Å². The Hall–Kier alpha value is -1.99. The molecule has 132 valence electrons. The van der Waals surface area contributed by atoms with Crippen LogP contribution in [0.15, 0.2) is 29.1 Å². The van der Waals surface area contributed by atoms with Crippen molar-refractivity contribution in [1.29, 1.82) is 0 Å². The Bertz CT molecular complexity index is 935. The second-order valence-corrected chi connectivity index (χ2v) is 9.12. The summed E-state index contributed by atoms with van der Waals surface area (Å²) in [6.07, 6.45) is 2.70. The molecule has 25 heavy (non-hydrogen) atoms. The monoisotopic (exact) mass is 359 g/mol. The van der Waals surface area contributed by atoms with Crippen molar-refractivity contribution in [3.05, 3.63) is 51.4 Å². The molecule has 0 atom stereocenters. The van der Waals surface area contributed by atoms with E-state index in [1.54, 1.807) is 0 Å². The number of hydrogen-bond donors (Lipinski definition) is 1. The molecular weight excluding hydrogens is 338 g/mol. The summed E-state index contributed by atoms with van der Waals surface area (Å²) in [5, 5.41) is 0. The van der Waals surface area contributed by atoms with Crippen molar-refractivity contribution >= 4 is 9.84 Å². The highest BCUT2D eigenvalue weighted by atomic mass is 32.2. The van der Waals surface area contributed by atoms with Crippen LogP contribution in [0.1, 0.15) is 23.2 Å². The van der Waals surface area contributed by atoms with Crippen LogP contribution < -0.4 is 5.56 Å². The average molecular weight is 359 g/mol. The van der Waals surface area contributed by atoms with Crippen LogP contribution in [0.5, 0.6) is 0 Å². The van der Waals surface area contributed by atoms with Crippen molar-refractivity contribution in [3.8, 4) is 11.4 Å². The number of hydrogen-bond acceptors (Lipinski definition) is 5. The summed E-state index contributed by atoms with van der Waals surface area (Å²) < 4.78 is 23.0. The van der Waals surface area contributed by atoms with Crippen LogP contribution in [0, 0.1) is 0 Å². The fraction of sp³-hybridized carbons (Fsp3) is 0.444. The number of benzene rings is 1. The molecule has 1 aliphatic heterocycles. The maximum absolute atomic E-state index is 12.1. The molecule has 2 aromatic rings. The van der Waals surface area contributed by atoms with E-state index in [0.29, 0.717) is 18.9 Å². The Balaban J connectivity index is 1.49. The molecule has 1 aliphatic carbocycles. The van der Waals surface area contributed by atoms with Crippen LogP contribution in [0.4, 0.5) is 0 Å². The highest BCUT2D eigenvalue weighted by molar-refractivity contribution is 7.91. The zero-order valence-electron chi connectivity index (χ0n) is 14.0. The predicted octanol–water partition coefficient (Wildman–Crippen LogP) is 1.16. The maximum atomic E-state index is 12.1. The van der Waals surface area contributed by atoms with Gasteiger partial charge in [-0.25, -0.2) is 13.4 Å². The van der Waals surface area contributed by atoms with Gasteiger partial charge in [-0.2, -0.15) is 0 Å². The average Bonchev–Trinajstić information content (AvgIpc) is 3.07. The largest absolute Gasteiger partial charge is 0.306 e. The third-order valence-corrected chi connectivity index (χ3v) is 6.62. The normalized spacial score (nSPS) is 19.7. The zero-order chi connectivity index (χ0) is 17.4. The van der Waals surface area contributed by atoms with E-state index < -0.39 is 9.84 Å². The summed E-state index contributed by atoms with van der Waals surface area (Å²) in [7, 11) is -2.84. The predicted molar refractivity (Wildman–Crippen MR) is 96.2 cm³/mol. The Morgan fingerprint density at radius 1 is 1.08 bits per heavy atom.